The molecule has 154 valence electrons. The second-order valence-corrected chi connectivity index (χ2v) is 8.27. The van der Waals surface area contributed by atoms with E-state index in [9.17, 15) is 9.50 Å². The van der Waals surface area contributed by atoms with Crippen LogP contribution in [0.25, 0.3) is 11.0 Å². The molecule has 0 spiro atoms. The molecule has 1 aromatic heterocycles. The third-order valence-electron chi connectivity index (χ3n) is 4.75. The van der Waals surface area contributed by atoms with Crippen molar-refractivity contribution in [2.75, 3.05) is 27.7 Å². The van der Waals surface area contributed by atoms with Crippen molar-refractivity contribution in [2.24, 2.45) is 0 Å². The lowest BCUT2D eigenvalue weighted by Crippen LogP contribution is -2.40. The molecule has 0 aliphatic rings. The molecule has 29 heavy (non-hydrogen) atoms. The van der Waals surface area contributed by atoms with Gasteiger partial charge in [0, 0.05) is 18.5 Å². The molecule has 1 heterocycles. The molecule has 0 bridgehead atoms. The maximum atomic E-state index is 14.3. The Morgan fingerprint density at radius 1 is 1.10 bits per heavy atom. The van der Waals surface area contributed by atoms with E-state index in [1.807, 2.05) is 49.3 Å². The van der Waals surface area contributed by atoms with Gasteiger partial charge in [-0.15, -0.1) is 0 Å². The van der Waals surface area contributed by atoms with Crippen LogP contribution in [0.5, 0.6) is 5.75 Å². The number of likely N-dealkylation sites (N-methyl/N-ethyl adjacent to an activating group) is 1. The number of nitrogens with zero attached hydrogens (tertiary/aromatic N) is 3. The predicted octanol–water partition coefficient (Wildman–Crippen LogP) is 3.73. The zero-order valence-electron chi connectivity index (χ0n) is 17.6. The molecule has 1 N–H and O–H groups in total. The first-order valence-corrected chi connectivity index (χ1v) is 9.58. The van der Waals surface area contributed by atoms with Crippen LogP contribution >= 0.6 is 0 Å². The van der Waals surface area contributed by atoms with Crippen molar-refractivity contribution in [2.45, 2.75) is 31.5 Å². The van der Waals surface area contributed by atoms with Crippen molar-refractivity contribution >= 4 is 11.0 Å². The van der Waals surface area contributed by atoms with E-state index in [1.165, 1.54) is 13.8 Å². The average Bonchev–Trinajstić information content (AvgIpc) is 2.65. The standard InChI is InChI=1S/C23H28FN3O2/c1-22(2,24)13-16-10-11-20(29-5)17(12-16)23(28,15-27(3)4)21-14-25-18-8-6-7-9-19(18)26-21/h6-12,14,28H,13,15H2,1-5H3. The normalized spacial score (nSPS) is 14.2. The van der Waals surface area contributed by atoms with Gasteiger partial charge in [0.2, 0.25) is 0 Å². The van der Waals surface area contributed by atoms with Crippen LogP contribution in [-0.4, -0.2) is 53.4 Å². The maximum absolute atomic E-state index is 14.3. The summed E-state index contributed by atoms with van der Waals surface area (Å²) in [5.41, 5.74) is 0.334. The van der Waals surface area contributed by atoms with Gasteiger partial charge in [-0.2, -0.15) is 0 Å². The van der Waals surface area contributed by atoms with Crippen molar-refractivity contribution < 1.29 is 14.2 Å². The van der Waals surface area contributed by atoms with Crippen LogP contribution in [0.3, 0.4) is 0 Å². The number of hydrogen-bond donors (Lipinski definition) is 1. The number of fused-ring (bicyclic) bond motifs is 1. The van der Waals surface area contributed by atoms with Crippen molar-refractivity contribution in [1.82, 2.24) is 14.9 Å². The van der Waals surface area contributed by atoms with Gasteiger partial charge >= 0.3 is 0 Å². The summed E-state index contributed by atoms with van der Waals surface area (Å²) in [4.78, 5) is 11.0. The Balaban J connectivity index is 2.20. The van der Waals surface area contributed by atoms with Crippen molar-refractivity contribution in [3.05, 3.63) is 65.5 Å². The fraction of sp³-hybridized carbons (Fsp3) is 0.391. The first kappa shape index (κ1) is 21.1. The highest BCUT2D eigenvalue weighted by molar-refractivity contribution is 5.73. The summed E-state index contributed by atoms with van der Waals surface area (Å²) in [5, 5.41) is 11.9. The second-order valence-electron chi connectivity index (χ2n) is 8.27. The van der Waals surface area contributed by atoms with Crippen LogP contribution in [0.2, 0.25) is 0 Å². The predicted molar refractivity (Wildman–Crippen MR) is 113 cm³/mol. The summed E-state index contributed by atoms with van der Waals surface area (Å²) in [6.07, 6.45) is 1.82. The lowest BCUT2D eigenvalue weighted by Gasteiger charge is -2.32. The summed E-state index contributed by atoms with van der Waals surface area (Å²) < 4.78 is 19.8. The molecule has 1 atom stereocenters. The Kier molecular flexibility index (Phi) is 5.87. The molecule has 1 unspecified atom stereocenters. The third-order valence-corrected chi connectivity index (χ3v) is 4.75. The SMILES string of the molecule is COc1ccc(CC(C)(C)F)cc1C(O)(CN(C)C)c1cnc2ccccc2n1. The number of halogens is 1. The monoisotopic (exact) mass is 397 g/mol. The first-order valence-electron chi connectivity index (χ1n) is 9.58. The van der Waals surface area contributed by atoms with Gasteiger partial charge in [0.05, 0.1) is 30.0 Å². The van der Waals surface area contributed by atoms with E-state index in [1.54, 1.807) is 25.4 Å². The summed E-state index contributed by atoms with van der Waals surface area (Å²) in [6.45, 7) is 3.34. The van der Waals surface area contributed by atoms with E-state index in [2.05, 4.69) is 9.97 Å². The average molecular weight is 397 g/mol. The van der Waals surface area contributed by atoms with Crippen LogP contribution in [0, 0.1) is 0 Å². The van der Waals surface area contributed by atoms with Gasteiger partial charge < -0.3 is 14.7 Å². The quantitative estimate of drug-likeness (QED) is 0.658. The van der Waals surface area contributed by atoms with Gasteiger partial charge in [0.25, 0.3) is 0 Å². The highest BCUT2D eigenvalue weighted by atomic mass is 19.1. The Hall–Kier alpha value is -2.57. The lowest BCUT2D eigenvalue weighted by molar-refractivity contribution is 0.0448. The number of ether oxygens (including phenoxy) is 1. The zero-order valence-corrected chi connectivity index (χ0v) is 17.6. The van der Waals surface area contributed by atoms with E-state index < -0.39 is 11.3 Å². The molecular formula is C23H28FN3O2. The second kappa shape index (κ2) is 8.05. The zero-order chi connectivity index (χ0) is 21.2. The minimum atomic E-state index is -1.48. The van der Waals surface area contributed by atoms with Gasteiger partial charge in [-0.25, -0.2) is 9.37 Å². The Morgan fingerprint density at radius 2 is 1.79 bits per heavy atom. The minimum Gasteiger partial charge on any atom is -0.496 e. The van der Waals surface area contributed by atoms with Crippen LogP contribution in [0.15, 0.2) is 48.7 Å². The van der Waals surface area contributed by atoms with Crippen molar-refractivity contribution in [3.63, 3.8) is 0 Å². The molecule has 5 nitrogen and oxygen atoms in total. The number of benzene rings is 2. The fourth-order valence-corrected chi connectivity index (χ4v) is 3.59. The number of aromatic nitrogens is 2. The van der Waals surface area contributed by atoms with Crippen LogP contribution < -0.4 is 4.74 Å². The van der Waals surface area contributed by atoms with Crippen LogP contribution in [-0.2, 0) is 12.0 Å². The molecule has 0 aliphatic carbocycles. The number of rotatable bonds is 7. The van der Waals surface area contributed by atoms with Gasteiger partial charge in [0.15, 0.2) is 0 Å². The number of alkyl halides is 1. The third kappa shape index (κ3) is 4.71. The van der Waals surface area contributed by atoms with Crippen molar-refractivity contribution in [1.29, 1.82) is 0 Å². The van der Waals surface area contributed by atoms with E-state index >= 15 is 0 Å². The molecule has 2 aromatic carbocycles. The number of methoxy groups -OCH3 is 1. The molecule has 0 radical (unpaired) electrons. The van der Waals surface area contributed by atoms with E-state index in [0.29, 0.717) is 22.5 Å². The Bertz CT molecular complexity index is 1000. The summed E-state index contributed by atoms with van der Waals surface area (Å²) in [5.74, 6) is 0.518. The molecule has 6 heteroatoms. The smallest absolute Gasteiger partial charge is 0.149 e. The van der Waals surface area contributed by atoms with Crippen molar-refractivity contribution in [3.8, 4) is 5.75 Å². The highest BCUT2D eigenvalue weighted by Gasteiger charge is 2.37. The summed E-state index contributed by atoms with van der Waals surface area (Å²) in [6, 6.07) is 12.9. The minimum absolute atomic E-state index is 0.228. The van der Waals surface area contributed by atoms with E-state index in [0.717, 1.165) is 11.1 Å². The summed E-state index contributed by atoms with van der Waals surface area (Å²) >= 11 is 0. The molecule has 0 saturated carbocycles. The molecule has 0 saturated heterocycles. The van der Waals surface area contributed by atoms with E-state index in [4.69, 9.17) is 4.74 Å². The molecule has 0 fully saturated rings. The molecule has 0 aliphatic heterocycles. The molecule has 0 amide bonds. The molecular weight excluding hydrogens is 369 g/mol. The van der Waals surface area contributed by atoms with Gasteiger partial charge in [0.1, 0.15) is 17.0 Å². The Labute approximate surface area is 171 Å². The fourth-order valence-electron chi connectivity index (χ4n) is 3.59. The molecule has 3 aromatic rings. The summed E-state index contributed by atoms with van der Waals surface area (Å²) in [7, 11) is 5.31. The number of aliphatic hydroxyl groups is 1. The van der Waals surface area contributed by atoms with Gasteiger partial charge in [-0.05, 0) is 57.8 Å². The molecule has 3 rings (SSSR count). The highest BCUT2D eigenvalue weighted by Crippen LogP contribution is 2.37. The largest absolute Gasteiger partial charge is 0.496 e. The maximum Gasteiger partial charge on any atom is 0.149 e. The topological polar surface area (TPSA) is 58.5 Å². The Morgan fingerprint density at radius 3 is 2.41 bits per heavy atom. The number of para-hydroxylation sites is 2. The van der Waals surface area contributed by atoms with Crippen LogP contribution in [0.4, 0.5) is 4.39 Å². The van der Waals surface area contributed by atoms with E-state index in [-0.39, 0.29) is 13.0 Å². The van der Waals surface area contributed by atoms with Gasteiger partial charge in [-0.3, -0.25) is 4.98 Å². The van der Waals surface area contributed by atoms with Gasteiger partial charge in [-0.1, -0.05) is 18.2 Å². The lowest BCUT2D eigenvalue weighted by atomic mass is 9.86. The number of hydrogen-bond acceptors (Lipinski definition) is 5. The first-order chi connectivity index (χ1) is 13.6. The van der Waals surface area contributed by atoms with Crippen LogP contribution in [0.1, 0.15) is 30.7 Å².